The average Bonchev–Trinajstić information content (AvgIpc) is 2.51. The molecule has 0 aromatic carbocycles. The van der Waals surface area contributed by atoms with Crippen LogP contribution in [-0.4, -0.2) is 62.0 Å². The molecule has 0 spiro atoms. The zero-order valence-electron chi connectivity index (χ0n) is 11.0. The zero-order chi connectivity index (χ0) is 12.1. The van der Waals surface area contributed by atoms with Crippen molar-refractivity contribution in [2.75, 3.05) is 46.3 Å². The maximum Gasteiger partial charge on any atom is 0.236 e. The fourth-order valence-corrected chi connectivity index (χ4v) is 2.77. The standard InChI is InChI=1S/C13H25N3O/c1-15-7-3-8-16(11-13(15)17)9-5-12-4-2-6-14-10-12/h12,14H,2-11H2,1H3. The molecule has 1 unspecified atom stereocenters. The fraction of sp³-hybridized carbons (Fsp3) is 0.923. The molecule has 1 atom stereocenters. The lowest BCUT2D eigenvalue weighted by molar-refractivity contribution is -0.129. The molecular formula is C13H25N3O. The van der Waals surface area contributed by atoms with Crippen LogP contribution in [0, 0.1) is 5.92 Å². The average molecular weight is 239 g/mol. The second-order valence-corrected chi connectivity index (χ2v) is 5.45. The van der Waals surface area contributed by atoms with Gasteiger partial charge >= 0.3 is 0 Å². The minimum absolute atomic E-state index is 0.282. The van der Waals surface area contributed by atoms with Gasteiger partial charge in [-0.15, -0.1) is 0 Å². The molecule has 0 aliphatic carbocycles. The SMILES string of the molecule is CN1CCCN(CCC2CCCNC2)CC1=O. The molecule has 2 rings (SSSR count). The second kappa shape index (κ2) is 6.36. The Morgan fingerprint density at radius 1 is 1.35 bits per heavy atom. The van der Waals surface area contributed by atoms with Crippen molar-refractivity contribution in [1.82, 2.24) is 15.1 Å². The third-order valence-corrected chi connectivity index (χ3v) is 4.01. The Morgan fingerprint density at radius 2 is 2.24 bits per heavy atom. The van der Waals surface area contributed by atoms with E-state index in [0.29, 0.717) is 6.54 Å². The minimum atomic E-state index is 0.282. The van der Waals surface area contributed by atoms with Crippen LogP contribution < -0.4 is 5.32 Å². The summed E-state index contributed by atoms with van der Waals surface area (Å²) < 4.78 is 0. The van der Waals surface area contributed by atoms with Crippen molar-refractivity contribution in [3.63, 3.8) is 0 Å². The molecule has 2 aliphatic heterocycles. The molecule has 2 fully saturated rings. The number of piperidine rings is 1. The van der Waals surface area contributed by atoms with E-state index in [1.165, 1.54) is 32.4 Å². The number of nitrogens with zero attached hydrogens (tertiary/aromatic N) is 2. The van der Waals surface area contributed by atoms with Gasteiger partial charge in [-0.05, 0) is 51.2 Å². The number of carbonyl (C=O) groups excluding carboxylic acids is 1. The van der Waals surface area contributed by atoms with Gasteiger partial charge in [0.1, 0.15) is 0 Å². The summed E-state index contributed by atoms with van der Waals surface area (Å²) in [5.74, 6) is 1.10. The lowest BCUT2D eigenvalue weighted by Crippen LogP contribution is -2.37. The first-order valence-corrected chi connectivity index (χ1v) is 6.93. The smallest absolute Gasteiger partial charge is 0.236 e. The predicted octanol–water partition coefficient (Wildman–Crippen LogP) is 0.540. The summed E-state index contributed by atoms with van der Waals surface area (Å²) in [5, 5.41) is 3.46. The number of hydrogen-bond donors (Lipinski definition) is 1. The molecular weight excluding hydrogens is 214 g/mol. The van der Waals surface area contributed by atoms with Crippen molar-refractivity contribution in [1.29, 1.82) is 0 Å². The van der Waals surface area contributed by atoms with E-state index in [0.717, 1.165) is 32.0 Å². The highest BCUT2D eigenvalue weighted by Crippen LogP contribution is 2.15. The first-order chi connectivity index (χ1) is 8.25. The second-order valence-electron chi connectivity index (χ2n) is 5.45. The van der Waals surface area contributed by atoms with Crippen LogP contribution >= 0.6 is 0 Å². The summed E-state index contributed by atoms with van der Waals surface area (Å²) in [7, 11) is 1.91. The fourth-order valence-electron chi connectivity index (χ4n) is 2.77. The molecule has 0 aromatic heterocycles. The van der Waals surface area contributed by atoms with Crippen molar-refractivity contribution in [2.24, 2.45) is 5.92 Å². The Bertz CT molecular complexity index is 251. The number of amides is 1. The monoisotopic (exact) mass is 239 g/mol. The summed E-state index contributed by atoms with van der Waals surface area (Å²) in [5.41, 5.74) is 0. The summed E-state index contributed by atoms with van der Waals surface area (Å²) in [6, 6.07) is 0. The third kappa shape index (κ3) is 3.96. The van der Waals surface area contributed by atoms with E-state index in [1.54, 1.807) is 0 Å². The Hall–Kier alpha value is -0.610. The van der Waals surface area contributed by atoms with Crippen LogP contribution in [0.25, 0.3) is 0 Å². The van der Waals surface area contributed by atoms with Crippen molar-refractivity contribution in [3.8, 4) is 0 Å². The number of rotatable bonds is 3. The quantitative estimate of drug-likeness (QED) is 0.781. The van der Waals surface area contributed by atoms with E-state index >= 15 is 0 Å². The van der Waals surface area contributed by atoms with Gasteiger partial charge in [0.25, 0.3) is 0 Å². The van der Waals surface area contributed by atoms with E-state index in [4.69, 9.17) is 0 Å². The van der Waals surface area contributed by atoms with Crippen LogP contribution in [0.15, 0.2) is 0 Å². The summed E-state index contributed by atoms with van der Waals surface area (Å²) >= 11 is 0. The molecule has 0 aromatic rings. The molecule has 0 bridgehead atoms. The normalized spacial score (nSPS) is 28.2. The van der Waals surface area contributed by atoms with Gasteiger partial charge in [0, 0.05) is 20.1 Å². The van der Waals surface area contributed by atoms with E-state index in [2.05, 4.69) is 10.2 Å². The molecule has 2 saturated heterocycles. The molecule has 4 nitrogen and oxygen atoms in total. The van der Waals surface area contributed by atoms with Gasteiger partial charge in [-0.2, -0.15) is 0 Å². The Labute approximate surface area is 104 Å². The molecule has 1 amide bonds. The maximum atomic E-state index is 11.7. The molecule has 17 heavy (non-hydrogen) atoms. The van der Waals surface area contributed by atoms with Gasteiger partial charge in [-0.3, -0.25) is 9.69 Å². The van der Waals surface area contributed by atoms with E-state index in [9.17, 15) is 4.79 Å². The Balaban J connectivity index is 1.72. The van der Waals surface area contributed by atoms with Gasteiger partial charge in [-0.25, -0.2) is 0 Å². The minimum Gasteiger partial charge on any atom is -0.345 e. The molecule has 0 saturated carbocycles. The van der Waals surface area contributed by atoms with Crippen LogP contribution in [0.4, 0.5) is 0 Å². The van der Waals surface area contributed by atoms with E-state index < -0.39 is 0 Å². The first kappa shape index (κ1) is 12.8. The molecule has 1 N–H and O–H groups in total. The van der Waals surface area contributed by atoms with Gasteiger partial charge in [0.2, 0.25) is 5.91 Å². The lowest BCUT2D eigenvalue weighted by atomic mass is 9.96. The first-order valence-electron chi connectivity index (χ1n) is 6.93. The number of hydrogen-bond acceptors (Lipinski definition) is 3. The van der Waals surface area contributed by atoms with Crippen molar-refractivity contribution in [2.45, 2.75) is 25.7 Å². The van der Waals surface area contributed by atoms with E-state index in [-0.39, 0.29) is 5.91 Å². The molecule has 0 radical (unpaired) electrons. The van der Waals surface area contributed by atoms with Crippen LogP contribution in [0.1, 0.15) is 25.7 Å². The predicted molar refractivity (Wildman–Crippen MR) is 68.9 cm³/mol. The van der Waals surface area contributed by atoms with Crippen molar-refractivity contribution in [3.05, 3.63) is 0 Å². The van der Waals surface area contributed by atoms with Crippen molar-refractivity contribution >= 4 is 5.91 Å². The van der Waals surface area contributed by atoms with Crippen LogP contribution in [0.3, 0.4) is 0 Å². The highest BCUT2D eigenvalue weighted by molar-refractivity contribution is 5.78. The number of nitrogens with one attached hydrogen (secondary N) is 1. The largest absolute Gasteiger partial charge is 0.345 e. The van der Waals surface area contributed by atoms with Gasteiger partial charge < -0.3 is 10.2 Å². The van der Waals surface area contributed by atoms with Gasteiger partial charge in [-0.1, -0.05) is 0 Å². The topological polar surface area (TPSA) is 35.6 Å². The number of likely N-dealkylation sites (N-methyl/N-ethyl adjacent to an activating group) is 1. The summed E-state index contributed by atoms with van der Waals surface area (Å²) in [6.45, 7) is 6.06. The third-order valence-electron chi connectivity index (χ3n) is 4.01. The number of carbonyl (C=O) groups is 1. The highest BCUT2D eigenvalue weighted by Gasteiger charge is 2.20. The Kier molecular flexibility index (Phi) is 4.80. The molecule has 2 heterocycles. The molecule has 4 heteroatoms. The van der Waals surface area contributed by atoms with Crippen LogP contribution in [0.2, 0.25) is 0 Å². The Morgan fingerprint density at radius 3 is 3.00 bits per heavy atom. The van der Waals surface area contributed by atoms with Gasteiger partial charge in [0.05, 0.1) is 6.54 Å². The van der Waals surface area contributed by atoms with Crippen LogP contribution in [0.5, 0.6) is 0 Å². The van der Waals surface area contributed by atoms with Crippen LogP contribution in [-0.2, 0) is 4.79 Å². The van der Waals surface area contributed by atoms with E-state index in [1.807, 2.05) is 11.9 Å². The van der Waals surface area contributed by atoms with Gasteiger partial charge in [0.15, 0.2) is 0 Å². The molecule has 98 valence electrons. The zero-order valence-corrected chi connectivity index (χ0v) is 11.0. The molecule has 2 aliphatic rings. The van der Waals surface area contributed by atoms with Crippen molar-refractivity contribution < 1.29 is 4.79 Å². The lowest BCUT2D eigenvalue weighted by Gasteiger charge is -2.26. The maximum absolute atomic E-state index is 11.7. The summed E-state index contributed by atoms with van der Waals surface area (Å²) in [4.78, 5) is 15.9. The highest BCUT2D eigenvalue weighted by atomic mass is 16.2. The summed E-state index contributed by atoms with van der Waals surface area (Å²) in [6.07, 6.45) is 5.02.